The van der Waals surface area contributed by atoms with Crippen molar-refractivity contribution >= 4 is 52.1 Å². The van der Waals surface area contributed by atoms with Crippen molar-refractivity contribution in [3.05, 3.63) is 43.8 Å². The van der Waals surface area contributed by atoms with Crippen LogP contribution in [0.15, 0.2) is 18.2 Å². The van der Waals surface area contributed by atoms with Crippen molar-refractivity contribution in [3.63, 3.8) is 0 Å². The number of hydrogen-bond donors (Lipinski definition) is 1. The second-order valence-corrected chi connectivity index (χ2v) is 6.36. The Bertz CT molecular complexity index is 731. The molecule has 22 heavy (non-hydrogen) atoms. The molecule has 2 rings (SSSR count). The monoisotopic (exact) mass is 358 g/mol. The van der Waals surface area contributed by atoms with Crippen LogP contribution in [-0.4, -0.2) is 23.5 Å². The van der Waals surface area contributed by atoms with Crippen LogP contribution in [0.2, 0.25) is 10.0 Å². The van der Waals surface area contributed by atoms with Gasteiger partial charge >= 0.3 is 5.97 Å². The van der Waals surface area contributed by atoms with Crippen molar-refractivity contribution in [3.8, 4) is 0 Å². The maximum Gasteiger partial charge on any atom is 0.350 e. The quantitative estimate of drug-likeness (QED) is 0.842. The summed E-state index contributed by atoms with van der Waals surface area (Å²) in [5.74, 6) is -1.08. The third-order valence-corrected chi connectivity index (χ3v) is 4.52. The molecule has 0 aliphatic carbocycles. The number of carbonyl (C=O) groups excluding carboxylic acids is 2. The van der Waals surface area contributed by atoms with Gasteiger partial charge in [-0.05, 0) is 26.0 Å². The summed E-state index contributed by atoms with van der Waals surface area (Å²) in [7, 11) is 0. The number of carbonyl (C=O) groups is 2. The number of nitrogens with one attached hydrogen (secondary N) is 1. The average Bonchev–Trinajstić information content (AvgIpc) is 2.80. The molecule has 0 radical (unpaired) electrons. The van der Waals surface area contributed by atoms with Crippen molar-refractivity contribution in [2.75, 3.05) is 11.9 Å². The standard InChI is InChI=1S/C14H12Cl2N2O3S/c1-7-13(22-8(2)17-7)14(20)21-6-11(19)18-10-5-3-4-9(15)12(10)16/h3-5H,6H2,1-2H3,(H,18,19). The second kappa shape index (κ2) is 7.09. The lowest BCUT2D eigenvalue weighted by Gasteiger charge is -2.08. The molecule has 8 heteroatoms. The lowest BCUT2D eigenvalue weighted by atomic mass is 10.3. The molecule has 0 spiro atoms. The van der Waals surface area contributed by atoms with Crippen molar-refractivity contribution in [2.45, 2.75) is 13.8 Å². The zero-order valence-electron chi connectivity index (χ0n) is 11.8. The lowest BCUT2D eigenvalue weighted by molar-refractivity contribution is -0.119. The van der Waals surface area contributed by atoms with Crippen LogP contribution in [0.3, 0.4) is 0 Å². The van der Waals surface area contributed by atoms with Gasteiger partial charge in [0.15, 0.2) is 6.61 Å². The average molecular weight is 359 g/mol. The topological polar surface area (TPSA) is 68.3 Å². The molecule has 0 aliphatic rings. The molecule has 1 amide bonds. The zero-order chi connectivity index (χ0) is 16.3. The maximum atomic E-state index is 11.9. The van der Waals surface area contributed by atoms with Gasteiger partial charge in [-0.15, -0.1) is 11.3 Å². The summed E-state index contributed by atoms with van der Waals surface area (Å²) in [6.45, 7) is 3.09. The zero-order valence-corrected chi connectivity index (χ0v) is 14.1. The van der Waals surface area contributed by atoms with Crippen LogP contribution in [-0.2, 0) is 9.53 Å². The molecule has 0 fully saturated rings. The number of ether oxygens (including phenoxy) is 1. The summed E-state index contributed by atoms with van der Waals surface area (Å²) in [4.78, 5) is 28.2. The van der Waals surface area contributed by atoms with Gasteiger partial charge in [-0.3, -0.25) is 4.79 Å². The minimum atomic E-state index is -0.574. The van der Waals surface area contributed by atoms with E-state index in [0.717, 1.165) is 5.01 Å². The summed E-state index contributed by atoms with van der Waals surface area (Å²) in [5, 5.41) is 3.86. The molecule has 0 saturated heterocycles. The summed E-state index contributed by atoms with van der Waals surface area (Å²) < 4.78 is 4.97. The molecule has 0 atom stereocenters. The van der Waals surface area contributed by atoms with E-state index in [1.807, 2.05) is 0 Å². The number of hydrogen-bond acceptors (Lipinski definition) is 5. The molecular weight excluding hydrogens is 347 g/mol. The first-order chi connectivity index (χ1) is 10.4. The van der Waals surface area contributed by atoms with Gasteiger partial charge in [0.05, 0.1) is 26.4 Å². The molecule has 5 nitrogen and oxygen atoms in total. The Hall–Kier alpha value is -1.63. The minimum Gasteiger partial charge on any atom is -0.451 e. The number of benzene rings is 1. The highest BCUT2D eigenvalue weighted by molar-refractivity contribution is 7.13. The first-order valence-electron chi connectivity index (χ1n) is 6.23. The Balaban J connectivity index is 1.94. The number of anilines is 1. The Labute approximate surface area is 141 Å². The molecule has 1 aromatic carbocycles. The van der Waals surface area contributed by atoms with E-state index in [4.69, 9.17) is 27.9 Å². The van der Waals surface area contributed by atoms with Gasteiger partial charge in [-0.1, -0.05) is 29.3 Å². The van der Waals surface area contributed by atoms with E-state index < -0.39 is 18.5 Å². The number of halogens is 2. The highest BCUT2D eigenvalue weighted by Gasteiger charge is 2.17. The Morgan fingerprint density at radius 2 is 2.05 bits per heavy atom. The molecular formula is C14H12Cl2N2O3S. The predicted molar refractivity (Wildman–Crippen MR) is 87.0 cm³/mol. The summed E-state index contributed by atoms with van der Waals surface area (Å²) >= 11 is 13.0. The maximum absolute atomic E-state index is 11.9. The highest BCUT2D eigenvalue weighted by atomic mass is 35.5. The van der Waals surface area contributed by atoms with Gasteiger partial charge < -0.3 is 10.1 Å². The first kappa shape index (κ1) is 16.7. The van der Waals surface area contributed by atoms with E-state index in [1.165, 1.54) is 11.3 Å². The van der Waals surface area contributed by atoms with E-state index in [2.05, 4.69) is 10.3 Å². The van der Waals surface area contributed by atoms with Gasteiger partial charge in [0.2, 0.25) is 0 Å². The number of esters is 1. The Kier molecular flexibility index (Phi) is 5.39. The van der Waals surface area contributed by atoms with E-state index >= 15 is 0 Å². The number of nitrogens with zero attached hydrogens (tertiary/aromatic N) is 1. The number of thiazole rings is 1. The van der Waals surface area contributed by atoms with Crippen LogP contribution in [0.4, 0.5) is 5.69 Å². The van der Waals surface area contributed by atoms with Crippen molar-refractivity contribution < 1.29 is 14.3 Å². The molecule has 0 bridgehead atoms. The number of rotatable bonds is 4. The minimum absolute atomic E-state index is 0.234. The van der Waals surface area contributed by atoms with Crippen LogP contribution in [0.5, 0.6) is 0 Å². The molecule has 1 N–H and O–H groups in total. The Morgan fingerprint density at radius 3 is 2.68 bits per heavy atom. The van der Waals surface area contributed by atoms with Gasteiger partial charge in [0.1, 0.15) is 4.88 Å². The van der Waals surface area contributed by atoms with Crippen LogP contribution in [0, 0.1) is 13.8 Å². The molecule has 116 valence electrons. The number of amides is 1. The van der Waals surface area contributed by atoms with E-state index in [0.29, 0.717) is 21.3 Å². The van der Waals surface area contributed by atoms with Crippen molar-refractivity contribution in [1.82, 2.24) is 4.98 Å². The van der Waals surface area contributed by atoms with E-state index in [9.17, 15) is 9.59 Å². The van der Waals surface area contributed by atoms with Crippen LogP contribution in [0.1, 0.15) is 20.4 Å². The molecule has 1 aromatic heterocycles. The lowest BCUT2D eigenvalue weighted by Crippen LogP contribution is -2.21. The summed E-state index contributed by atoms with van der Waals surface area (Å²) in [6, 6.07) is 4.86. The third-order valence-electron chi connectivity index (χ3n) is 2.65. The SMILES string of the molecule is Cc1nc(C)c(C(=O)OCC(=O)Nc2cccc(Cl)c2Cl)s1. The molecule has 0 saturated carbocycles. The van der Waals surface area contributed by atoms with Gasteiger partial charge in [0.25, 0.3) is 5.91 Å². The number of aromatic nitrogens is 1. The summed E-state index contributed by atoms with van der Waals surface area (Å²) in [6.07, 6.45) is 0. The van der Waals surface area contributed by atoms with Gasteiger partial charge in [-0.2, -0.15) is 0 Å². The van der Waals surface area contributed by atoms with Gasteiger partial charge in [-0.25, -0.2) is 9.78 Å². The van der Waals surface area contributed by atoms with Crippen molar-refractivity contribution in [2.24, 2.45) is 0 Å². The fourth-order valence-corrected chi connectivity index (χ4v) is 2.87. The van der Waals surface area contributed by atoms with Gasteiger partial charge in [0, 0.05) is 0 Å². The predicted octanol–water partition coefficient (Wildman–Crippen LogP) is 3.86. The first-order valence-corrected chi connectivity index (χ1v) is 7.80. The largest absolute Gasteiger partial charge is 0.451 e. The van der Waals surface area contributed by atoms with E-state index in [-0.39, 0.29) is 5.02 Å². The van der Waals surface area contributed by atoms with Crippen molar-refractivity contribution in [1.29, 1.82) is 0 Å². The smallest absolute Gasteiger partial charge is 0.350 e. The fourth-order valence-electron chi connectivity index (χ4n) is 1.70. The highest BCUT2D eigenvalue weighted by Crippen LogP contribution is 2.29. The van der Waals surface area contributed by atoms with Crippen LogP contribution in [0.25, 0.3) is 0 Å². The normalized spacial score (nSPS) is 10.4. The Morgan fingerprint density at radius 1 is 1.32 bits per heavy atom. The molecule has 1 heterocycles. The molecule has 0 aliphatic heterocycles. The number of aryl methyl sites for hydroxylation is 2. The molecule has 0 unspecified atom stereocenters. The van der Waals surface area contributed by atoms with Crippen LogP contribution < -0.4 is 5.32 Å². The van der Waals surface area contributed by atoms with E-state index in [1.54, 1.807) is 32.0 Å². The second-order valence-electron chi connectivity index (χ2n) is 4.37. The van der Waals surface area contributed by atoms with Crippen LogP contribution >= 0.6 is 34.5 Å². The fraction of sp³-hybridized carbons (Fsp3) is 0.214. The third kappa shape index (κ3) is 3.97. The summed E-state index contributed by atoms with van der Waals surface area (Å²) in [5.41, 5.74) is 0.950. The molecule has 2 aromatic rings.